The van der Waals surface area contributed by atoms with Gasteiger partial charge >= 0.3 is 0 Å². The first-order valence-corrected chi connectivity index (χ1v) is 10.1. The Kier molecular flexibility index (Phi) is 5.71. The molecule has 7 nitrogen and oxygen atoms in total. The van der Waals surface area contributed by atoms with Crippen molar-refractivity contribution >= 4 is 40.5 Å². The number of carbonyl (C=O) groups excluding carboxylic acids is 2. The zero-order valence-electron chi connectivity index (χ0n) is 15.4. The van der Waals surface area contributed by atoms with Crippen molar-refractivity contribution < 1.29 is 9.59 Å². The van der Waals surface area contributed by atoms with Crippen molar-refractivity contribution in [2.24, 2.45) is 0 Å². The number of thiophene rings is 1. The van der Waals surface area contributed by atoms with E-state index in [-0.39, 0.29) is 17.4 Å². The lowest BCUT2D eigenvalue weighted by Gasteiger charge is -2.12. The molecule has 1 N–H and O–H groups in total. The molecule has 140 valence electrons. The van der Waals surface area contributed by atoms with Crippen LogP contribution >= 0.6 is 23.1 Å². The van der Waals surface area contributed by atoms with Crippen molar-refractivity contribution in [1.82, 2.24) is 20.2 Å². The van der Waals surface area contributed by atoms with Crippen molar-refractivity contribution in [3.8, 4) is 5.69 Å². The van der Waals surface area contributed by atoms with Crippen molar-refractivity contribution in [1.29, 1.82) is 0 Å². The number of aromatic nitrogens is 4. The summed E-state index contributed by atoms with van der Waals surface area (Å²) in [7, 11) is 0. The number of nitrogens with zero attached hydrogens (tertiary/aromatic N) is 4. The van der Waals surface area contributed by atoms with Crippen LogP contribution in [0.5, 0.6) is 0 Å². The summed E-state index contributed by atoms with van der Waals surface area (Å²) in [4.78, 5) is 24.4. The molecule has 0 fully saturated rings. The normalized spacial score (nSPS) is 10.8. The molecule has 0 spiro atoms. The Morgan fingerprint density at radius 1 is 1.22 bits per heavy atom. The average Bonchev–Trinajstić information content (AvgIpc) is 3.21. The van der Waals surface area contributed by atoms with Gasteiger partial charge in [0.2, 0.25) is 11.1 Å². The van der Waals surface area contributed by atoms with Gasteiger partial charge in [0.05, 0.1) is 22.0 Å². The van der Waals surface area contributed by atoms with Crippen molar-refractivity contribution in [2.45, 2.75) is 32.9 Å². The summed E-state index contributed by atoms with van der Waals surface area (Å²) in [6, 6.07) is 5.88. The molecule has 0 unspecified atom stereocenters. The second kappa shape index (κ2) is 8.01. The number of hydrogen-bond donors (Lipinski definition) is 1. The fraction of sp³-hybridized carbons (Fsp3) is 0.278. The van der Waals surface area contributed by atoms with E-state index < -0.39 is 0 Å². The molecule has 0 bridgehead atoms. The third-order valence-electron chi connectivity index (χ3n) is 3.88. The Labute approximate surface area is 165 Å². The molecule has 2 aromatic heterocycles. The fourth-order valence-corrected chi connectivity index (χ4v) is 4.34. The van der Waals surface area contributed by atoms with Crippen LogP contribution < -0.4 is 5.32 Å². The predicted molar refractivity (Wildman–Crippen MR) is 107 cm³/mol. The molecule has 0 atom stereocenters. The molecule has 9 heteroatoms. The number of hydrogen-bond acceptors (Lipinski definition) is 7. The van der Waals surface area contributed by atoms with Crippen LogP contribution in [0.3, 0.4) is 0 Å². The van der Waals surface area contributed by atoms with Crippen LogP contribution in [0.2, 0.25) is 0 Å². The Morgan fingerprint density at radius 2 is 1.93 bits per heavy atom. The fourth-order valence-electron chi connectivity index (χ4n) is 2.91. The number of carbonyl (C=O) groups is 2. The van der Waals surface area contributed by atoms with E-state index in [1.54, 1.807) is 16.1 Å². The molecule has 0 aliphatic rings. The number of nitrogens with one attached hydrogen (secondary N) is 1. The van der Waals surface area contributed by atoms with Gasteiger partial charge in [0.1, 0.15) is 0 Å². The molecule has 3 rings (SSSR count). The number of benzene rings is 1. The monoisotopic (exact) mass is 401 g/mol. The topological polar surface area (TPSA) is 89.8 Å². The van der Waals surface area contributed by atoms with Crippen LogP contribution in [0.25, 0.3) is 5.69 Å². The van der Waals surface area contributed by atoms with Crippen LogP contribution in [0.15, 0.2) is 28.7 Å². The quantitative estimate of drug-likeness (QED) is 0.502. The van der Waals surface area contributed by atoms with Gasteiger partial charge in [-0.1, -0.05) is 29.5 Å². The lowest BCUT2D eigenvalue weighted by Crippen LogP contribution is -2.15. The third-order valence-corrected chi connectivity index (χ3v) is 5.81. The summed E-state index contributed by atoms with van der Waals surface area (Å²) >= 11 is 2.56. The summed E-state index contributed by atoms with van der Waals surface area (Å²) in [6.07, 6.45) is 0. The van der Waals surface area contributed by atoms with Crippen molar-refractivity contribution in [2.75, 3.05) is 11.1 Å². The summed E-state index contributed by atoms with van der Waals surface area (Å²) in [5.41, 5.74) is 4.77. The van der Waals surface area contributed by atoms with Crippen LogP contribution in [0.1, 0.15) is 33.3 Å². The Morgan fingerprint density at radius 3 is 2.59 bits per heavy atom. The number of rotatable bonds is 6. The van der Waals surface area contributed by atoms with Gasteiger partial charge in [0.25, 0.3) is 0 Å². The Balaban J connectivity index is 1.73. The average molecular weight is 402 g/mol. The van der Waals surface area contributed by atoms with E-state index in [2.05, 4.69) is 33.0 Å². The molecule has 1 aromatic carbocycles. The minimum absolute atomic E-state index is 0.0674. The minimum atomic E-state index is -0.215. The first kappa shape index (κ1) is 19.2. The van der Waals surface area contributed by atoms with Gasteiger partial charge in [0, 0.05) is 6.92 Å². The number of ketones is 1. The van der Waals surface area contributed by atoms with E-state index in [4.69, 9.17) is 0 Å². The highest BCUT2D eigenvalue weighted by Crippen LogP contribution is 2.26. The number of amides is 1. The molecule has 1 amide bonds. The lowest BCUT2D eigenvalue weighted by molar-refractivity contribution is -0.113. The second-order valence-corrected chi connectivity index (χ2v) is 8.04. The van der Waals surface area contributed by atoms with Crippen LogP contribution in [-0.4, -0.2) is 37.7 Å². The summed E-state index contributed by atoms with van der Waals surface area (Å²) in [5.74, 6) is -0.146. The maximum absolute atomic E-state index is 12.3. The molecule has 27 heavy (non-hydrogen) atoms. The highest BCUT2D eigenvalue weighted by atomic mass is 32.2. The highest BCUT2D eigenvalue weighted by molar-refractivity contribution is 7.99. The molecule has 0 saturated heterocycles. The van der Waals surface area contributed by atoms with Crippen LogP contribution in [0, 0.1) is 20.8 Å². The van der Waals surface area contributed by atoms with Crippen molar-refractivity contribution in [3.63, 3.8) is 0 Å². The molecule has 0 aliphatic carbocycles. The third kappa shape index (κ3) is 4.25. The van der Waals surface area contributed by atoms with Gasteiger partial charge in [-0.15, -0.1) is 16.4 Å². The molecule has 0 saturated carbocycles. The lowest BCUT2D eigenvalue weighted by atomic mass is 10.1. The number of Topliss-reactive ketones (excluding diaryl/α,β-unsaturated/α-hetero) is 1. The molecule has 0 radical (unpaired) electrons. The van der Waals surface area contributed by atoms with Gasteiger partial charge in [0.15, 0.2) is 5.78 Å². The van der Waals surface area contributed by atoms with Gasteiger partial charge in [-0.05, 0) is 53.8 Å². The van der Waals surface area contributed by atoms with E-state index in [0.29, 0.717) is 15.7 Å². The molecular weight excluding hydrogens is 382 g/mol. The van der Waals surface area contributed by atoms with Crippen LogP contribution in [-0.2, 0) is 4.79 Å². The number of thioether (sulfide) groups is 1. The predicted octanol–water partition coefficient (Wildman–Crippen LogP) is 3.58. The largest absolute Gasteiger partial charge is 0.324 e. The maximum atomic E-state index is 12.3. The van der Waals surface area contributed by atoms with E-state index >= 15 is 0 Å². The number of aryl methyl sites for hydroxylation is 3. The van der Waals surface area contributed by atoms with E-state index in [9.17, 15) is 9.59 Å². The standard InChI is InChI=1S/C18H19N5O2S2/c1-10-7-11(2)16(12(3)8-10)23-18(20-21-22-23)27-9-15(25)19-14-5-6-26-17(14)13(4)24/h5-8H,9H2,1-4H3,(H,19,25). The second-order valence-electron chi connectivity index (χ2n) is 6.18. The van der Waals surface area contributed by atoms with Crippen molar-refractivity contribution in [3.05, 3.63) is 45.1 Å². The first-order chi connectivity index (χ1) is 12.9. The highest BCUT2D eigenvalue weighted by Gasteiger charge is 2.17. The molecule has 3 aromatic rings. The number of anilines is 1. The SMILES string of the molecule is CC(=O)c1sccc1NC(=O)CSc1nnnn1-c1c(C)cc(C)cc1C. The summed E-state index contributed by atoms with van der Waals surface area (Å²) in [6.45, 7) is 7.55. The van der Waals surface area contributed by atoms with Gasteiger partial charge in [-0.25, -0.2) is 0 Å². The summed E-state index contributed by atoms with van der Waals surface area (Å²) in [5, 5.41) is 17.0. The van der Waals surface area contributed by atoms with E-state index in [1.807, 2.05) is 20.8 Å². The minimum Gasteiger partial charge on any atom is -0.324 e. The Bertz CT molecular complexity index is 986. The zero-order valence-corrected chi connectivity index (χ0v) is 17.1. The van der Waals surface area contributed by atoms with Gasteiger partial charge in [-0.3, -0.25) is 9.59 Å². The molecule has 0 aliphatic heterocycles. The maximum Gasteiger partial charge on any atom is 0.234 e. The molecule has 2 heterocycles. The van der Waals surface area contributed by atoms with Crippen LogP contribution in [0.4, 0.5) is 5.69 Å². The van der Waals surface area contributed by atoms with Gasteiger partial charge < -0.3 is 5.32 Å². The molecular formula is C18H19N5O2S2. The first-order valence-electron chi connectivity index (χ1n) is 8.24. The summed E-state index contributed by atoms with van der Waals surface area (Å²) < 4.78 is 1.66. The van der Waals surface area contributed by atoms with Gasteiger partial charge in [-0.2, -0.15) is 4.68 Å². The Hall–Kier alpha value is -2.52. The van der Waals surface area contributed by atoms with E-state index in [1.165, 1.54) is 35.6 Å². The zero-order chi connectivity index (χ0) is 19.6. The smallest absolute Gasteiger partial charge is 0.234 e. The number of tetrazole rings is 1. The van der Waals surface area contributed by atoms with E-state index in [0.717, 1.165) is 16.8 Å².